The van der Waals surface area contributed by atoms with Gasteiger partial charge in [-0.2, -0.15) is 0 Å². The van der Waals surface area contributed by atoms with Crippen molar-refractivity contribution in [1.29, 1.82) is 0 Å². The zero-order valence-electron chi connectivity index (χ0n) is 11.5. The summed E-state index contributed by atoms with van der Waals surface area (Å²) in [5.41, 5.74) is 0. The minimum Gasteiger partial charge on any atom is -0.494 e. The van der Waals surface area contributed by atoms with Gasteiger partial charge in [0.2, 0.25) is 5.95 Å². The Labute approximate surface area is 114 Å². The lowest BCUT2D eigenvalue weighted by atomic mass is 9.90. The molecule has 0 saturated carbocycles. The zero-order valence-corrected chi connectivity index (χ0v) is 11.5. The summed E-state index contributed by atoms with van der Waals surface area (Å²) in [5.74, 6) is 2.29. The van der Waals surface area contributed by atoms with Crippen molar-refractivity contribution in [2.24, 2.45) is 5.92 Å². The van der Waals surface area contributed by atoms with Gasteiger partial charge in [0.15, 0.2) is 5.75 Å². The molecule has 1 aromatic rings. The minimum absolute atomic E-state index is 0.695. The van der Waals surface area contributed by atoms with Crippen LogP contribution in [-0.4, -0.2) is 42.8 Å². The molecule has 2 unspecified atom stereocenters. The van der Waals surface area contributed by atoms with Crippen LogP contribution in [0.3, 0.4) is 0 Å². The van der Waals surface area contributed by atoms with Crippen molar-refractivity contribution in [1.82, 2.24) is 15.3 Å². The molecule has 2 atom stereocenters. The Hall–Kier alpha value is -1.36. The van der Waals surface area contributed by atoms with Crippen molar-refractivity contribution in [2.45, 2.75) is 31.7 Å². The summed E-state index contributed by atoms with van der Waals surface area (Å²) in [6.07, 6.45) is 8.70. The Bertz CT molecular complexity index is 402. The third-order valence-corrected chi connectivity index (χ3v) is 4.26. The number of anilines is 1. The van der Waals surface area contributed by atoms with E-state index in [0.717, 1.165) is 30.7 Å². The molecule has 0 spiro atoms. The van der Waals surface area contributed by atoms with Crippen LogP contribution < -0.4 is 15.0 Å². The highest BCUT2D eigenvalue weighted by Gasteiger charge is 2.29. The molecule has 1 aromatic heterocycles. The fourth-order valence-corrected chi connectivity index (χ4v) is 3.21. The van der Waals surface area contributed by atoms with E-state index in [4.69, 9.17) is 4.74 Å². The third kappa shape index (κ3) is 2.81. The molecule has 19 heavy (non-hydrogen) atoms. The van der Waals surface area contributed by atoms with Gasteiger partial charge in [0.05, 0.1) is 19.5 Å². The van der Waals surface area contributed by atoms with E-state index in [-0.39, 0.29) is 0 Å². The molecule has 2 saturated heterocycles. The summed E-state index contributed by atoms with van der Waals surface area (Å²) in [7, 11) is 1.64. The van der Waals surface area contributed by atoms with Gasteiger partial charge in [-0.05, 0) is 38.1 Å². The summed E-state index contributed by atoms with van der Waals surface area (Å²) in [5, 5.41) is 3.63. The molecule has 0 amide bonds. The van der Waals surface area contributed by atoms with Crippen LogP contribution >= 0.6 is 0 Å². The largest absolute Gasteiger partial charge is 0.494 e. The lowest BCUT2D eigenvalue weighted by Gasteiger charge is -2.35. The van der Waals surface area contributed by atoms with Crippen LogP contribution in [0.5, 0.6) is 5.75 Å². The molecule has 3 heterocycles. The molecule has 3 rings (SSSR count). The second-order valence-electron chi connectivity index (χ2n) is 5.47. The first-order chi connectivity index (χ1) is 9.36. The quantitative estimate of drug-likeness (QED) is 0.893. The first-order valence-corrected chi connectivity index (χ1v) is 7.21. The Morgan fingerprint density at radius 3 is 2.79 bits per heavy atom. The normalized spacial score (nSPS) is 27.5. The summed E-state index contributed by atoms with van der Waals surface area (Å²) >= 11 is 0. The first kappa shape index (κ1) is 12.7. The average Bonchev–Trinajstić information content (AvgIpc) is 3.02. The van der Waals surface area contributed by atoms with Crippen molar-refractivity contribution in [2.75, 3.05) is 31.6 Å². The van der Waals surface area contributed by atoms with E-state index in [9.17, 15) is 0 Å². The molecule has 5 heteroatoms. The lowest BCUT2D eigenvalue weighted by Crippen LogP contribution is -2.44. The van der Waals surface area contributed by atoms with Crippen LogP contribution in [0.15, 0.2) is 12.4 Å². The van der Waals surface area contributed by atoms with Crippen molar-refractivity contribution in [3.63, 3.8) is 0 Å². The van der Waals surface area contributed by atoms with E-state index in [1.165, 1.54) is 32.2 Å². The van der Waals surface area contributed by atoms with Gasteiger partial charge < -0.3 is 15.0 Å². The maximum Gasteiger partial charge on any atom is 0.225 e. The monoisotopic (exact) mass is 262 g/mol. The van der Waals surface area contributed by atoms with Gasteiger partial charge in [0.1, 0.15) is 0 Å². The highest BCUT2D eigenvalue weighted by Crippen LogP contribution is 2.26. The summed E-state index contributed by atoms with van der Waals surface area (Å²) in [6.45, 7) is 3.32. The molecule has 0 aliphatic carbocycles. The lowest BCUT2D eigenvalue weighted by molar-refractivity contribution is 0.326. The molecule has 104 valence electrons. The van der Waals surface area contributed by atoms with Crippen LogP contribution in [0.2, 0.25) is 0 Å². The van der Waals surface area contributed by atoms with Crippen LogP contribution in [-0.2, 0) is 0 Å². The fourth-order valence-electron chi connectivity index (χ4n) is 3.21. The van der Waals surface area contributed by atoms with Gasteiger partial charge in [-0.3, -0.25) is 0 Å². The fraction of sp³-hybridized carbons (Fsp3) is 0.714. The third-order valence-electron chi connectivity index (χ3n) is 4.26. The number of aromatic nitrogens is 2. The first-order valence-electron chi connectivity index (χ1n) is 7.21. The number of piperidine rings is 1. The zero-order chi connectivity index (χ0) is 13.1. The Balaban J connectivity index is 1.66. The predicted octanol–water partition coefficient (Wildman–Crippen LogP) is 1.45. The van der Waals surface area contributed by atoms with Crippen molar-refractivity contribution in [3.8, 4) is 5.75 Å². The van der Waals surface area contributed by atoms with Crippen molar-refractivity contribution >= 4 is 5.95 Å². The number of methoxy groups -OCH3 is 1. The number of nitrogens with one attached hydrogen (secondary N) is 1. The topological polar surface area (TPSA) is 50.3 Å². The molecule has 5 nitrogen and oxygen atoms in total. The van der Waals surface area contributed by atoms with Crippen molar-refractivity contribution in [3.05, 3.63) is 12.4 Å². The summed E-state index contributed by atoms with van der Waals surface area (Å²) in [4.78, 5) is 11.1. The van der Waals surface area contributed by atoms with E-state index in [1.807, 2.05) is 0 Å². The Morgan fingerprint density at radius 2 is 2.11 bits per heavy atom. The molecule has 0 aromatic carbocycles. The molecule has 2 aliphatic heterocycles. The minimum atomic E-state index is 0.695. The standard InChI is InChI=1S/C14H22N4O/c1-19-12-8-16-14(17-9-12)18-7-3-4-11(10-18)13-5-2-6-15-13/h8-9,11,13,15H,2-7,10H2,1H3. The highest BCUT2D eigenvalue weighted by atomic mass is 16.5. The average molecular weight is 262 g/mol. The molecule has 1 N–H and O–H groups in total. The van der Waals surface area contributed by atoms with Gasteiger partial charge in [-0.15, -0.1) is 0 Å². The number of hydrogen-bond acceptors (Lipinski definition) is 5. The van der Waals surface area contributed by atoms with Crippen LogP contribution in [0, 0.1) is 5.92 Å². The van der Waals surface area contributed by atoms with Crippen LogP contribution in [0.25, 0.3) is 0 Å². The van der Waals surface area contributed by atoms with E-state index >= 15 is 0 Å². The molecule has 2 fully saturated rings. The van der Waals surface area contributed by atoms with E-state index in [1.54, 1.807) is 19.5 Å². The molecule has 0 bridgehead atoms. The van der Waals surface area contributed by atoms with Crippen LogP contribution in [0.4, 0.5) is 5.95 Å². The Morgan fingerprint density at radius 1 is 1.26 bits per heavy atom. The number of rotatable bonds is 3. The van der Waals surface area contributed by atoms with Gasteiger partial charge in [-0.25, -0.2) is 9.97 Å². The second-order valence-corrected chi connectivity index (χ2v) is 5.47. The van der Waals surface area contributed by atoms with Crippen LogP contribution in [0.1, 0.15) is 25.7 Å². The number of nitrogens with zero attached hydrogens (tertiary/aromatic N) is 3. The summed E-state index contributed by atoms with van der Waals surface area (Å²) in [6, 6.07) is 0.695. The molecule has 0 radical (unpaired) electrons. The maximum absolute atomic E-state index is 5.11. The van der Waals surface area contributed by atoms with Crippen molar-refractivity contribution < 1.29 is 4.74 Å². The van der Waals surface area contributed by atoms with Gasteiger partial charge in [0.25, 0.3) is 0 Å². The smallest absolute Gasteiger partial charge is 0.225 e. The van der Waals surface area contributed by atoms with Gasteiger partial charge in [0, 0.05) is 19.1 Å². The molecule has 2 aliphatic rings. The predicted molar refractivity (Wildman–Crippen MR) is 74.5 cm³/mol. The number of hydrogen-bond donors (Lipinski definition) is 1. The van der Waals surface area contributed by atoms with E-state index < -0.39 is 0 Å². The Kier molecular flexibility index (Phi) is 3.82. The highest BCUT2D eigenvalue weighted by molar-refractivity contribution is 5.32. The number of ether oxygens (including phenoxy) is 1. The van der Waals surface area contributed by atoms with Gasteiger partial charge >= 0.3 is 0 Å². The SMILES string of the molecule is COc1cnc(N2CCCC(C3CCCN3)C2)nc1. The summed E-state index contributed by atoms with van der Waals surface area (Å²) < 4.78 is 5.11. The van der Waals surface area contributed by atoms with E-state index in [0.29, 0.717) is 6.04 Å². The second kappa shape index (κ2) is 5.74. The van der Waals surface area contributed by atoms with Gasteiger partial charge in [-0.1, -0.05) is 0 Å². The maximum atomic E-state index is 5.11. The molecular formula is C14H22N4O. The molecular weight excluding hydrogens is 240 g/mol. The van der Waals surface area contributed by atoms with E-state index in [2.05, 4.69) is 20.2 Å².